The highest BCUT2D eigenvalue weighted by Crippen LogP contribution is 2.35. The van der Waals surface area contributed by atoms with Crippen LogP contribution in [0.1, 0.15) is 34.9 Å². The van der Waals surface area contributed by atoms with Crippen LogP contribution in [0.5, 0.6) is 0 Å². The maximum Gasteiger partial charge on any atom is 0.322 e. The van der Waals surface area contributed by atoms with E-state index in [0.717, 1.165) is 36.6 Å². The van der Waals surface area contributed by atoms with Gasteiger partial charge in [-0.05, 0) is 24.8 Å². The van der Waals surface area contributed by atoms with Crippen LogP contribution in [-0.2, 0) is 13.1 Å². The molecule has 1 fully saturated rings. The van der Waals surface area contributed by atoms with Gasteiger partial charge in [-0.25, -0.2) is 9.78 Å². The molecule has 3 aromatic heterocycles. The Hall–Kier alpha value is -3.54. The summed E-state index contributed by atoms with van der Waals surface area (Å²) in [6.07, 6.45) is 7.00. The minimum absolute atomic E-state index is 0.0107. The molecule has 33 heavy (non-hydrogen) atoms. The van der Waals surface area contributed by atoms with Gasteiger partial charge in [0.05, 0.1) is 6.33 Å². The molecule has 5 heterocycles. The number of urea groups is 1. The summed E-state index contributed by atoms with van der Waals surface area (Å²) < 4.78 is 7.62. The van der Waals surface area contributed by atoms with E-state index < -0.39 is 0 Å². The van der Waals surface area contributed by atoms with Crippen LogP contribution in [0.4, 0.5) is 9.80 Å². The van der Waals surface area contributed by atoms with Gasteiger partial charge in [0, 0.05) is 74.3 Å². The van der Waals surface area contributed by atoms with Crippen molar-refractivity contribution in [3.63, 3.8) is 0 Å². The minimum atomic E-state index is -0.367. The summed E-state index contributed by atoms with van der Waals surface area (Å²) in [7, 11) is 0. The van der Waals surface area contributed by atoms with Crippen molar-refractivity contribution >= 4 is 28.5 Å². The highest BCUT2D eigenvalue weighted by Gasteiger charge is 2.36. The average molecular weight is 469 g/mol. The number of rotatable bonds is 6. The van der Waals surface area contributed by atoms with E-state index in [4.69, 9.17) is 0 Å². The van der Waals surface area contributed by atoms with E-state index in [1.54, 1.807) is 29.6 Å². The summed E-state index contributed by atoms with van der Waals surface area (Å²) >= 11 is 0.981. The maximum atomic E-state index is 13.0. The van der Waals surface area contributed by atoms with Crippen LogP contribution >= 0.6 is 11.5 Å². The zero-order valence-electron chi connectivity index (χ0n) is 17.9. The van der Waals surface area contributed by atoms with Gasteiger partial charge < -0.3 is 19.4 Å². The Morgan fingerprint density at radius 1 is 1.21 bits per heavy atom. The molecule has 12 heteroatoms. The molecule has 1 saturated heterocycles. The number of piperidine rings is 1. The van der Waals surface area contributed by atoms with Crippen molar-refractivity contribution in [1.82, 2.24) is 33.9 Å². The third kappa shape index (κ3) is 4.51. The molecule has 0 saturated carbocycles. The quantitative estimate of drug-likeness (QED) is 0.526. The number of aryl methyl sites for hydroxylation is 1. The van der Waals surface area contributed by atoms with E-state index >= 15 is 0 Å². The standard InChI is InChI=1S/C21H24N8O3S/c30-17-4-1-3-16-15-9-14(11-29(16)17)10-28(12-15)21(32)24-20-18(25-26-33-20)19(31)23-5-2-7-27-8-6-22-13-27/h1,3-4,6,8,13-15H,2,5,7,9-12H2,(H,23,31)(H,24,32). The molecule has 5 rings (SSSR count). The number of likely N-dealkylation sites (tertiary alicyclic amines) is 1. The van der Waals surface area contributed by atoms with Crippen LogP contribution in [0, 0.1) is 5.92 Å². The van der Waals surface area contributed by atoms with Crippen molar-refractivity contribution in [2.45, 2.75) is 31.8 Å². The lowest BCUT2D eigenvalue weighted by atomic mass is 9.83. The maximum absolute atomic E-state index is 13.0. The van der Waals surface area contributed by atoms with Crippen LogP contribution in [0.25, 0.3) is 0 Å². The Balaban J connectivity index is 1.19. The lowest BCUT2D eigenvalue weighted by Gasteiger charge is -2.42. The van der Waals surface area contributed by atoms with Gasteiger partial charge in [0.15, 0.2) is 10.7 Å². The molecule has 0 aromatic carbocycles. The van der Waals surface area contributed by atoms with Gasteiger partial charge in [0.1, 0.15) is 0 Å². The number of hydrogen-bond donors (Lipinski definition) is 2. The fourth-order valence-electron chi connectivity index (χ4n) is 4.63. The van der Waals surface area contributed by atoms with E-state index in [1.807, 2.05) is 21.4 Å². The summed E-state index contributed by atoms with van der Waals surface area (Å²) in [5.41, 5.74) is 1.10. The molecule has 0 radical (unpaired) electrons. The first-order chi connectivity index (χ1) is 16.1. The lowest BCUT2D eigenvalue weighted by Crippen LogP contribution is -2.50. The number of aromatic nitrogens is 5. The van der Waals surface area contributed by atoms with Crippen molar-refractivity contribution in [1.29, 1.82) is 0 Å². The van der Waals surface area contributed by atoms with Gasteiger partial charge in [-0.1, -0.05) is 10.6 Å². The van der Waals surface area contributed by atoms with Crippen molar-refractivity contribution in [3.8, 4) is 0 Å². The minimum Gasteiger partial charge on any atom is -0.350 e. The number of hydrogen-bond acceptors (Lipinski definition) is 7. The number of amides is 3. The third-order valence-electron chi connectivity index (χ3n) is 6.13. The third-order valence-corrected chi connectivity index (χ3v) is 6.77. The highest BCUT2D eigenvalue weighted by molar-refractivity contribution is 7.10. The molecule has 2 bridgehead atoms. The first-order valence-corrected chi connectivity index (χ1v) is 11.7. The smallest absolute Gasteiger partial charge is 0.322 e. The molecule has 2 unspecified atom stereocenters. The number of carbonyl (C=O) groups excluding carboxylic acids is 2. The van der Waals surface area contributed by atoms with Crippen LogP contribution < -0.4 is 16.2 Å². The molecule has 2 N–H and O–H groups in total. The van der Waals surface area contributed by atoms with Crippen LogP contribution in [-0.4, -0.2) is 60.2 Å². The van der Waals surface area contributed by atoms with Crippen LogP contribution in [0.2, 0.25) is 0 Å². The molecule has 0 aliphatic carbocycles. The second-order valence-electron chi connectivity index (χ2n) is 8.39. The van der Waals surface area contributed by atoms with Gasteiger partial charge in [-0.2, -0.15) is 0 Å². The van der Waals surface area contributed by atoms with Gasteiger partial charge in [-0.15, -0.1) is 5.10 Å². The molecular weight excluding hydrogens is 444 g/mol. The van der Waals surface area contributed by atoms with E-state index in [9.17, 15) is 14.4 Å². The molecule has 3 amide bonds. The number of nitrogens with one attached hydrogen (secondary N) is 2. The zero-order valence-corrected chi connectivity index (χ0v) is 18.7. The monoisotopic (exact) mass is 468 g/mol. The fraction of sp³-hybridized carbons (Fsp3) is 0.429. The Kier molecular flexibility index (Phi) is 5.90. The Morgan fingerprint density at radius 3 is 2.97 bits per heavy atom. The zero-order chi connectivity index (χ0) is 22.8. The van der Waals surface area contributed by atoms with Gasteiger partial charge in [-0.3, -0.25) is 14.9 Å². The van der Waals surface area contributed by atoms with Crippen LogP contribution in [0.15, 0.2) is 41.7 Å². The summed E-state index contributed by atoms with van der Waals surface area (Å²) in [4.78, 5) is 43.5. The number of carbonyl (C=O) groups is 2. The van der Waals surface area contributed by atoms with Crippen molar-refractivity contribution < 1.29 is 9.59 Å². The highest BCUT2D eigenvalue weighted by atomic mass is 32.1. The van der Waals surface area contributed by atoms with Crippen molar-refractivity contribution in [3.05, 3.63) is 58.7 Å². The Bertz CT molecular complexity index is 1200. The summed E-state index contributed by atoms with van der Waals surface area (Å²) in [6, 6.07) is 5.04. The van der Waals surface area contributed by atoms with Crippen LogP contribution in [0.3, 0.4) is 0 Å². The summed E-state index contributed by atoms with van der Waals surface area (Å²) in [5, 5.41) is 9.88. The predicted molar refractivity (Wildman–Crippen MR) is 121 cm³/mol. The van der Waals surface area contributed by atoms with E-state index in [-0.39, 0.29) is 35.0 Å². The number of imidazole rings is 1. The average Bonchev–Trinajstić information content (AvgIpc) is 3.49. The van der Waals surface area contributed by atoms with Crippen molar-refractivity contribution in [2.75, 3.05) is 25.0 Å². The van der Waals surface area contributed by atoms with Gasteiger partial charge in [0.2, 0.25) is 0 Å². The van der Waals surface area contributed by atoms with E-state index in [1.165, 1.54) is 0 Å². The molecule has 2 aliphatic rings. The molecule has 11 nitrogen and oxygen atoms in total. The second-order valence-corrected chi connectivity index (χ2v) is 9.15. The van der Waals surface area contributed by atoms with Gasteiger partial charge >= 0.3 is 6.03 Å². The Morgan fingerprint density at radius 2 is 2.12 bits per heavy atom. The second kappa shape index (κ2) is 9.14. The Labute approximate surface area is 193 Å². The molecular formula is C21H24N8O3S. The molecule has 172 valence electrons. The number of nitrogens with zero attached hydrogens (tertiary/aromatic N) is 6. The number of pyridine rings is 1. The lowest BCUT2D eigenvalue weighted by molar-refractivity contribution is 0.0948. The summed E-state index contributed by atoms with van der Waals surface area (Å²) in [6.45, 7) is 2.91. The topological polar surface area (TPSA) is 127 Å². The molecule has 2 atom stereocenters. The largest absolute Gasteiger partial charge is 0.350 e. The predicted octanol–water partition coefficient (Wildman–Crippen LogP) is 1.37. The normalized spacial score (nSPS) is 19.1. The van der Waals surface area contributed by atoms with E-state index in [0.29, 0.717) is 31.2 Å². The fourth-order valence-corrected chi connectivity index (χ4v) is 5.18. The van der Waals surface area contributed by atoms with Gasteiger partial charge in [0.25, 0.3) is 11.5 Å². The van der Waals surface area contributed by atoms with Crippen molar-refractivity contribution in [2.24, 2.45) is 5.92 Å². The van der Waals surface area contributed by atoms with E-state index in [2.05, 4.69) is 25.2 Å². The SMILES string of the molecule is O=C(NCCCn1ccnc1)c1nnsc1NC(=O)N1CC2CC(C1)c1cccc(=O)n1C2. The molecule has 3 aromatic rings. The first kappa shape index (κ1) is 21.3. The summed E-state index contributed by atoms with van der Waals surface area (Å²) in [5.74, 6) is -0.0246. The number of fused-ring (bicyclic) bond motifs is 4. The molecule has 2 aliphatic heterocycles. The molecule has 0 spiro atoms. The number of anilines is 1. The first-order valence-electron chi connectivity index (χ1n) is 10.9.